The van der Waals surface area contributed by atoms with Crippen LogP contribution in [-0.2, 0) is 0 Å². The second kappa shape index (κ2) is 1.62. The number of hydrogen-bond acceptors (Lipinski definition) is 0. The van der Waals surface area contributed by atoms with E-state index in [0.29, 0.717) is 10.9 Å². The molecule has 1 N–H and O–H groups in total. The van der Waals surface area contributed by atoms with Gasteiger partial charge in [0.15, 0.2) is 1.41 Å². The molecule has 9 heavy (non-hydrogen) atoms. The minimum Gasteiger partial charge on any atom is -0.361 e. The summed E-state index contributed by atoms with van der Waals surface area (Å²) in [5.41, 5.74) is 0.506. The molecule has 1 aromatic heterocycles. The molecule has 0 aliphatic heterocycles. The first-order chi connectivity index (χ1) is 6.11. The van der Waals surface area contributed by atoms with Crippen molar-refractivity contribution in [2.24, 2.45) is 0 Å². The molecule has 0 spiro atoms. The lowest BCUT2D eigenvalue weighted by Gasteiger charge is -1.83. The summed E-state index contributed by atoms with van der Waals surface area (Å²) in [4.78, 5) is 1.10. The first kappa shape index (κ1) is 2.18. The van der Waals surface area contributed by atoms with E-state index in [1.165, 1.54) is 12.3 Å². The second-order valence-electron chi connectivity index (χ2n) is 1.78. The van der Waals surface area contributed by atoms with Gasteiger partial charge in [-0.15, -0.1) is 0 Å². The van der Waals surface area contributed by atoms with Crippen LogP contribution in [0.4, 0.5) is 0 Å². The number of benzene rings is 1. The highest BCUT2D eigenvalue weighted by Gasteiger charge is 1.86. The van der Waals surface area contributed by atoms with Gasteiger partial charge < -0.3 is 4.98 Å². The summed E-state index contributed by atoms with van der Waals surface area (Å²) in [6.07, 6.45) is 1.50. The van der Waals surface area contributed by atoms with Gasteiger partial charge in [0, 0.05) is 11.7 Å². The van der Waals surface area contributed by atoms with Gasteiger partial charge in [-0.2, -0.15) is 0 Å². The summed E-state index contributed by atoms with van der Waals surface area (Å²) in [7, 11) is 0. The van der Waals surface area contributed by atoms with Crippen LogP contribution in [0.3, 0.4) is 0 Å². The first-order valence-electron chi connectivity index (χ1n) is 4.63. The molecule has 0 saturated heterocycles. The Morgan fingerprint density at radius 2 is 2.44 bits per heavy atom. The van der Waals surface area contributed by atoms with Crippen molar-refractivity contribution in [3.63, 3.8) is 0 Å². The second-order valence-corrected chi connectivity index (χ2v) is 1.78. The molecular formula is C8H7N. The quantitative estimate of drug-likeness (QED) is 0.549. The number of nitrogens with one attached hydrogen (secondary N) is 1. The molecule has 0 bridgehead atoms. The predicted octanol–water partition coefficient (Wildman–Crippen LogP) is 2.17. The van der Waals surface area contributed by atoms with Crippen LogP contribution in [0.2, 0.25) is 1.41 Å². The number of para-hydroxylation sites is 1. The summed E-state index contributed by atoms with van der Waals surface area (Å²) >= 11 is 0. The van der Waals surface area contributed by atoms with Gasteiger partial charge in [0.1, 0.15) is 0 Å². The van der Waals surface area contributed by atoms with Gasteiger partial charge in [-0.3, -0.25) is 0 Å². The third-order valence-corrected chi connectivity index (χ3v) is 1.21. The number of H-pyrrole nitrogens is 1. The van der Waals surface area contributed by atoms with Crippen LogP contribution in [-0.4, -0.2) is 4.98 Å². The molecule has 1 heterocycles. The van der Waals surface area contributed by atoms with E-state index in [-0.39, 0.29) is 18.1 Å². The molecule has 0 aliphatic carbocycles. The fourth-order valence-electron chi connectivity index (χ4n) is 0.776. The Balaban J connectivity index is 2.96. The monoisotopic (exact) mass is 121 g/mol. The zero-order valence-electron chi connectivity index (χ0n) is 8.68. The van der Waals surface area contributed by atoms with Crippen molar-refractivity contribution < 1.29 is 5.52 Å². The van der Waals surface area contributed by atoms with E-state index in [1.807, 2.05) is 0 Å². The van der Waals surface area contributed by atoms with Crippen molar-refractivity contribution in [2.45, 2.75) is 0 Å². The molecule has 2 rings (SSSR count). The Bertz CT molecular complexity index is 474. The van der Waals surface area contributed by atoms with Gasteiger partial charge in [0.05, 0.1) is 4.11 Å². The number of rotatable bonds is 0. The summed E-state index contributed by atoms with van der Waals surface area (Å²) in [5, 5.41) is 0.552. The van der Waals surface area contributed by atoms with E-state index in [0.717, 1.165) is 4.98 Å². The molecule has 0 radical (unpaired) electrons. The average Bonchev–Trinajstić information content (AvgIpc) is 2.45. The highest BCUT2D eigenvalue weighted by molar-refractivity contribution is 5.78. The molecule has 0 amide bonds. The zero-order valence-corrected chi connectivity index (χ0v) is 4.68. The smallest absolute Gasteiger partial charge is 0.166 e. The molecule has 44 valence electrons. The van der Waals surface area contributed by atoms with E-state index in [2.05, 4.69) is 0 Å². The van der Waals surface area contributed by atoms with Crippen molar-refractivity contribution in [1.29, 1.82) is 0 Å². The van der Waals surface area contributed by atoms with Crippen LogP contribution in [0.5, 0.6) is 0 Å². The fourth-order valence-corrected chi connectivity index (χ4v) is 0.776. The molecule has 1 heteroatoms. The highest BCUT2D eigenvalue weighted by Crippen LogP contribution is 2.09. The van der Waals surface area contributed by atoms with E-state index in [1.54, 1.807) is 6.07 Å². The lowest BCUT2D eigenvalue weighted by Crippen LogP contribution is -1.61. The van der Waals surface area contributed by atoms with E-state index in [4.69, 9.17) is 5.52 Å². The molecular weight excluding hydrogens is 110 g/mol. The molecule has 1 nitrogen and oxygen atoms in total. The average molecular weight is 121 g/mol. The fraction of sp³-hybridized carbons (Fsp3) is 0. The standard InChI is InChI=1S/C8H7N/c1-2-4-8-7(3-1)5-6-9-8/h1-6,9H/i1D,2D,3D/hD. The maximum absolute atomic E-state index is 7.54. The lowest BCUT2D eigenvalue weighted by molar-refractivity contribution is 1.48. The number of aromatic amines is 1. The third-order valence-electron chi connectivity index (χ3n) is 1.21. The largest absolute Gasteiger partial charge is 0.361 e. The maximum Gasteiger partial charge on any atom is 0.166 e. The van der Waals surface area contributed by atoms with Crippen molar-refractivity contribution >= 4 is 10.9 Å². The Morgan fingerprint density at radius 1 is 1.44 bits per heavy atom. The summed E-state index contributed by atoms with van der Waals surface area (Å²) < 4.78 is 29.7. The van der Waals surface area contributed by atoms with Gasteiger partial charge >= 0.3 is 0 Å². The SMILES string of the molecule is [2H]c1cc2c(ccn2[2H])c([2H])c1[2H]. The summed E-state index contributed by atoms with van der Waals surface area (Å²) in [5.74, 6) is 0. The predicted molar refractivity (Wildman–Crippen MR) is 38.3 cm³/mol. The van der Waals surface area contributed by atoms with E-state index >= 15 is 0 Å². The number of fused-ring (bicyclic) bond motifs is 1. The Hall–Kier alpha value is -1.24. The van der Waals surface area contributed by atoms with Gasteiger partial charge in [0.25, 0.3) is 0 Å². The summed E-state index contributed by atoms with van der Waals surface area (Å²) in [6, 6.07) is 2.97. The first-order valence-corrected chi connectivity index (χ1v) is 2.68. The van der Waals surface area contributed by atoms with Crippen LogP contribution in [0, 0.1) is 0 Å². The molecule has 1 aromatic carbocycles. The number of aromatic nitrogens is 1. The van der Waals surface area contributed by atoms with Crippen molar-refractivity contribution in [1.82, 2.24) is 4.98 Å². The third kappa shape index (κ3) is 0.617. The van der Waals surface area contributed by atoms with Gasteiger partial charge in [0.2, 0.25) is 0 Å². The van der Waals surface area contributed by atoms with Gasteiger partial charge in [-0.05, 0) is 17.5 Å². The molecule has 0 saturated carbocycles. The maximum atomic E-state index is 7.54. The molecule has 0 unspecified atom stereocenters. The van der Waals surface area contributed by atoms with Crippen LogP contribution >= 0.6 is 0 Å². The van der Waals surface area contributed by atoms with Crippen molar-refractivity contribution in [3.05, 3.63) is 36.5 Å². The van der Waals surface area contributed by atoms with E-state index in [9.17, 15) is 0 Å². The van der Waals surface area contributed by atoms with Crippen LogP contribution < -0.4 is 0 Å². The van der Waals surface area contributed by atoms with Crippen molar-refractivity contribution in [2.75, 3.05) is 0 Å². The molecule has 0 fully saturated rings. The minimum atomic E-state index is -0.0845. The Morgan fingerprint density at radius 3 is 3.44 bits per heavy atom. The normalized spacial score (nSPS) is 16.4. The Labute approximate surface area is 59.0 Å². The van der Waals surface area contributed by atoms with E-state index < -0.39 is 0 Å². The topological polar surface area (TPSA) is 15.8 Å². The van der Waals surface area contributed by atoms with Gasteiger partial charge in [-0.25, -0.2) is 0 Å². The molecule has 0 aliphatic rings. The highest BCUT2D eigenvalue weighted by atomic mass is 14.6. The summed E-state index contributed by atoms with van der Waals surface area (Å²) in [6.45, 7) is 0. The number of hydrogen-bond donors (Lipinski definition) is 1. The zero-order chi connectivity index (χ0) is 9.59. The van der Waals surface area contributed by atoms with Crippen LogP contribution in [0.15, 0.2) is 36.5 Å². The van der Waals surface area contributed by atoms with Crippen LogP contribution in [0.25, 0.3) is 10.9 Å². The molecule has 0 atom stereocenters. The minimum absolute atomic E-state index is 0.00954. The molecule has 2 aromatic rings. The Kier molecular flexibility index (Phi) is 0.392. The van der Waals surface area contributed by atoms with Crippen LogP contribution in [0.1, 0.15) is 4.11 Å². The van der Waals surface area contributed by atoms with Gasteiger partial charge in [-0.1, -0.05) is 18.1 Å². The lowest BCUT2D eigenvalue weighted by atomic mass is 10.3. The van der Waals surface area contributed by atoms with Crippen molar-refractivity contribution in [3.8, 4) is 0 Å².